The first-order valence-electron chi connectivity index (χ1n) is 5.92. The molecule has 2 aromatic rings. The number of hydrogen-bond acceptors (Lipinski definition) is 3. The number of benzene rings is 1. The number of hydrogen-bond donors (Lipinski definition) is 1. The van der Waals surface area contributed by atoms with Crippen molar-refractivity contribution >= 4 is 5.82 Å². The molecule has 3 heteroatoms. The lowest BCUT2D eigenvalue weighted by atomic mass is 10.1. The van der Waals surface area contributed by atoms with Gasteiger partial charge in [-0.25, -0.2) is 4.98 Å². The van der Waals surface area contributed by atoms with E-state index >= 15 is 0 Å². The first-order valence-corrected chi connectivity index (χ1v) is 5.92. The molecule has 0 aliphatic rings. The van der Waals surface area contributed by atoms with E-state index in [9.17, 15) is 0 Å². The maximum atomic E-state index is 4.46. The van der Waals surface area contributed by atoms with Gasteiger partial charge in [-0.2, -0.15) is 0 Å². The molecule has 0 aliphatic carbocycles. The second kappa shape index (κ2) is 5.43. The Kier molecular flexibility index (Phi) is 3.70. The van der Waals surface area contributed by atoms with E-state index < -0.39 is 0 Å². The van der Waals surface area contributed by atoms with Gasteiger partial charge in [0.15, 0.2) is 0 Å². The minimum atomic E-state index is 0.792. The summed E-state index contributed by atoms with van der Waals surface area (Å²) in [6.45, 7) is 2.19. The van der Waals surface area contributed by atoms with Crippen molar-refractivity contribution in [3.63, 3.8) is 0 Å². The smallest absolute Gasteiger partial charge is 0.144 e. The summed E-state index contributed by atoms with van der Waals surface area (Å²) >= 11 is 0. The monoisotopic (exact) mass is 227 g/mol. The van der Waals surface area contributed by atoms with Crippen LogP contribution in [0.4, 0.5) is 5.82 Å². The minimum Gasteiger partial charge on any atom is -0.372 e. The molecule has 0 radical (unpaired) electrons. The number of nitrogens with one attached hydrogen (secondary N) is 1. The zero-order chi connectivity index (χ0) is 12.1. The van der Waals surface area contributed by atoms with Gasteiger partial charge in [-0.3, -0.25) is 4.98 Å². The van der Waals surface area contributed by atoms with E-state index in [4.69, 9.17) is 0 Å². The van der Waals surface area contributed by atoms with Crippen LogP contribution in [0.2, 0.25) is 0 Å². The van der Waals surface area contributed by atoms with Crippen LogP contribution in [0.15, 0.2) is 36.7 Å². The lowest BCUT2D eigenvalue weighted by molar-refractivity contribution is 0.922. The van der Waals surface area contributed by atoms with Crippen LogP contribution < -0.4 is 5.32 Å². The van der Waals surface area contributed by atoms with Crippen LogP contribution in [0.3, 0.4) is 0 Å². The molecule has 0 saturated heterocycles. The predicted molar refractivity (Wildman–Crippen MR) is 71.0 cm³/mol. The van der Waals surface area contributed by atoms with E-state index in [-0.39, 0.29) is 0 Å². The molecule has 17 heavy (non-hydrogen) atoms. The molecule has 88 valence electrons. The Bertz CT molecular complexity index is 477. The van der Waals surface area contributed by atoms with Crippen LogP contribution in [0, 0.1) is 0 Å². The summed E-state index contributed by atoms with van der Waals surface area (Å²) in [7, 11) is 1.85. The molecule has 1 N–H and O–H groups in total. The fraction of sp³-hybridized carbons (Fsp3) is 0.286. The van der Waals surface area contributed by atoms with E-state index in [1.54, 1.807) is 12.4 Å². The first kappa shape index (κ1) is 11.6. The Hall–Kier alpha value is -1.90. The molecule has 0 spiro atoms. The van der Waals surface area contributed by atoms with Crippen LogP contribution in [0.5, 0.6) is 0 Å². The number of aryl methyl sites for hydroxylation is 1. The Balaban J connectivity index is 2.26. The SMILES string of the molecule is CCCc1ccc(-c2cncc(NC)n2)cc1. The fourth-order valence-electron chi connectivity index (χ4n) is 1.76. The Morgan fingerprint density at radius 2 is 1.88 bits per heavy atom. The van der Waals surface area contributed by atoms with E-state index in [2.05, 4.69) is 46.5 Å². The van der Waals surface area contributed by atoms with Crippen LogP contribution >= 0.6 is 0 Å². The molecule has 1 aromatic carbocycles. The maximum absolute atomic E-state index is 4.46. The summed E-state index contributed by atoms with van der Waals surface area (Å²) in [5, 5.41) is 3.00. The third kappa shape index (κ3) is 2.81. The van der Waals surface area contributed by atoms with Crippen molar-refractivity contribution in [2.75, 3.05) is 12.4 Å². The molecule has 2 rings (SSSR count). The predicted octanol–water partition coefficient (Wildman–Crippen LogP) is 3.14. The van der Waals surface area contributed by atoms with Crippen molar-refractivity contribution in [3.05, 3.63) is 42.2 Å². The van der Waals surface area contributed by atoms with Gasteiger partial charge >= 0.3 is 0 Å². The molecule has 1 heterocycles. The summed E-state index contributed by atoms with van der Waals surface area (Å²) in [5.41, 5.74) is 3.38. The number of anilines is 1. The lowest BCUT2D eigenvalue weighted by Gasteiger charge is -2.04. The van der Waals surface area contributed by atoms with E-state index in [1.165, 1.54) is 12.0 Å². The summed E-state index contributed by atoms with van der Waals surface area (Å²) in [6, 6.07) is 8.53. The summed E-state index contributed by atoms with van der Waals surface area (Å²) in [6.07, 6.45) is 5.81. The normalized spacial score (nSPS) is 10.2. The van der Waals surface area contributed by atoms with Gasteiger partial charge in [-0.1, -0.05) is 37.6 Å². The van der Waals surface area contributed by atoms with Crippen molar-refractivity contribution in [2.45, 2.75) is 19.8 Å². The number of aromatic nitrogens is 2. The Labute approximate surface area is 102 Å². The van der Waals surface area contributed by atoms with Crippen molar-refractivity contribution in [3.8, 4) is 11.3 Å². The van der Waals surface area contributed by atoms with Crippen molar-refractivity contribution < 1.29 is 0 Å². The number of rotatable bonds is 4. The van der Waals surface area contributed by atoms with Gasteiger partial charge in [0, 0.05) is 12.6 Å². The molecule has 0 bridgehead atoms. The van der Waals surface area contributed by atoms with Gasteiger partial charge in [-0.05, 0) is 12.0 Å². The molecule has 3 nitrogen and oxygen atoms in total. The van der Waals surface area contributed by atoms with Crippen molar-refractivity contribution in [1.82, 2.24) is 9.97 Å². The van der Waals surface area contributed by atoms with Crippen LogP contribution in [0.1, 0.15) is 18.9 Å². The highest BCUT2D eigenvalue weighted by Gasteiger charge is 2.01. The van der Waals surface area contributed by atoms with Gasteiger partial charge in [0.1, 0.15) is 5.82 Å². The average Bonchev–Trinajstić information content (AvgIpc) is 2.40. The van der Waals surface area contributed by atoms with Crippen LogP contribution in [-0.4, -0.2) is 17.0 Å². The zero-order valence-corrected chi connectivity index (χ0v) is 10.3. The molecule has 0 fully saturated rings. The second-order valence-electron chi connectivity index (χ2n) is 3.99. The first-order chi connectivity index (χ1) is 8.33. The van der Waals surface area contributed by atoms with Gasteiger partial charge in [0.05, 0.1) is 18.1 Å². The highest BCUT2D eigenvalue weighted by atomic mass is 15.0. The van der Waals surface area contributed by atoms with Crippen LogP contribution in [0.25, 0.3) is 11.3 Å². The van der Waals surface area contributed by atoms with E-state index in [0.717, 1.165) is 23.5 Å². The molecular weight excluding hydrogens is 210 g/mol. The largest absolute Gasteiger partial charge is 0.372 e. The van der Waals surface area contributed by atoms with Gasteiger partial charge in [0.2, 0.25) is 0 Å². The minimum absolute atomic E-state index is 0.792. The van der Waals surface area contributed by atoms with E-state index in [1.807, 2.05) is 7.05 Å². The van der Waals surface area contributed by atoms with Crippen molar-refractivity contribution in [2.24, 2.45) is 0 Å². The molecule has 0 unspecified atom stereocenters. The fourth-order valence-corrected chi connectivity index (χ4v) is 1.76. The van der Waals surface area contributed by atoms with E-state index in [0.29, 0.717) is 0 Å². The molecule has 0 aliphatic heterocycles. The topological polar surface area (TPSA) is 37.8 Å². The van der Waals surface area contributed by atoms with Crippen LogP contribution in [-0.2, 0) is 6.42 Å². The lowest BCUT2D eigenvalue weighted by Crippen LogP contribution is -1.95. The third-order valence-electron chi connectivity index (χ3n) is 2.68. The quantitative estimate of drug-likeness (QED) is 0.872. The molecular formula is C14H17N3. The Morgan fingerprint density at radius 1 is 1.12 bits per heavy atom. The molecule has 0 saturated carbocycles. The standard InChI is InChI=1S/C14H17N3/c1-3-4-11-5-7-12(8-6-11)13-9-16-10-14(15-2)17-13/h5-10H,3-4H2,1-2H3,(H,15,17). The molecule has 0 atom stereocenters. The zero-order valence-electron chi connectivity index (χ0n) is 10.3. The average molecular weight is 227 g/mol. The molecule has 0 amide bonds. The summed E-state index contributed by atoms with van der Waals surface area (Å²) in [5.74, 6) is 0.792. The van der Waals surface area contributed by atoms with Gasteiger partial charge in [0.25, 0.3) is 0 Å². The Morgan fingerprint density at radius 3 is 2.53 bits per heavy atom. The summed E-state index contributed by atoms with van der Waals surface area (Å²) in [4.78, 5) is 8.63. The highest BCUT2D eigenvalue weighted by molar-refractivity contribution is 5.60. The van der Waals surface area contributed by atoms with Gasteiger partial charge < -0.3 is 5.32 Å². The summed E-state index contributed by atoms with van der Waals surface area (Å²) < 4.78 is 0. The maximum Gasteiger partial charge on any atom is 0.144 e. The number of nitrogens with zero attached hydrogens (tertiary/aromatic N) is 2. The molecule has 1 aromatic heterocycles. The second-order valence-corrected chi connectivity index (χ2v) is 3.99. The van der Waals surface area contributed by atoms with Gasteiger partial charge in [-0.15, -0.1) is 0 Å². The highest BCUT2D eigenvalue weighted by Crippen LogP contribution is 2.18. The third-order valence-corrected chi connectivity index (χ3v) is 2.68. The van der Waals surface area contributed by atoms with Crippen molar-refractivity contribution in [1.29, 1.82) is 0 Å².